The Kier molecular flexibility index (Phi) is 3.92. The van der Waals surface area contributed by atoms with E-state index in [-0.39, 0.29) is 6.04 Å². The standard InChI is InChI=1S/C13H19N5O/c1-8-5-6-10(9(2)15-8)13-16-12(17-19-13)11(14)7-18(3)4/h5-6,11H,7,14H2,1-4H3. The van der Waals surface area contributed by atoms with E-state index in [2.05, 4.69) is 15.1 Å². The van der Waals surface area contributed by atoms with Crippen LogP contribution in [0.3, 0.4) is 0 Å². The Balaban J connectivity index is 2.25. The van der Waals surface area contributed by atoms with Crippen LogP contribution in [-0.4, -0.2) is 40.7 Å². The summed E-state index contributed by atoms with van der Waals surface area (Å²) >= 11 is 0. The third-order valence-corrected chi connectivity index (χ3v) is 2.79. The number of nitrogens with zero attached hydrogens (tertiary/aromatic N) is 4. The normalized spacial score (nSPS) is 12.9. The molecule has 0 bridgehead atoms. The number of nitrogens with two attached hydrogens (primary N) is 1. The minimum absolute atomic E-state index is 0.258. The molecular weight excluding hydrogens is 242 g/mol. The molecule has 0 fully saturated rings. The molecule has 19 heavy (non-hydrogen) atoms. The molecule has 0 amide bonds. The van der Waals surface area contributed by atoms with Gasteiger partial charge in [0.2, 0.25) is 0 Å². The van der Waals surface area contributed by atoms with Crippen LogP contribution in [0, 0.1) is 13.8 Å². The Morgan fingerprint density at radius 3 is 2.63 bits per heavy atom. The number of hydrogen-bond acceptors (Lipinski definition) is 6. The maximum absolute atomic E-state index is 6.01. The van der Waals surface area contributed by atoms with Crippen LogP contribution in [0.5, 0.6) is 0 Å². The Morgan fingerprint density at radius 2 is 2.00 bits per heavy atom. The number of rotatable bonds is 4. The summed E-state index contributed by atoms with van der Waals surface area (Å²) in [5.41, 5.74) is 8.69. The molecule has 0 aliphatic heterocycles. The van der Waals surface area contributed by atoms with Gasteiger partial charge in [0.15, 0.2) is 5.82 Å². The molecule has 6 nitrogen and oxygen atoms in total. The second-order valence-corrected chi connectivity index (χ2v) is 4.91. The molecule has 0 spiro atoms. The topological polar surface area (TPSA) is 81.1 Å². The van der Waals surface area contributed by atoms with Crippen LogP contribution in [-0.2, 0) is 0 Å². The van der Waals surface area contributed by atoms with Crippen molar-refractivity contribution in [2.45, 2.75) is 19.9 Å². The molecule has 0 saturated heterocycles. The Bertz CT molecular complexity index is 564. The minimum atomic E-state index is -0.258. The van der Waals surface area contributed by atoms with E-state index in [1.165, 1.54) is 0 Å². The van der Waals surface area contributed by atoms with Crippen molar-refractivity contribution in [1.29, 1.82) is 0 Å². The van der Waals surface area contributed by atoms with Gasteiger partial charge >= 0.3 is 0 Å². The van der Waals surface area contributed by atoms with E-state index in [1.807, 2.05) is 45.0 Å². The smallest absolute Gasteiger partial charge is 0.259 e. The van der Waals surface area contributed by atoms with Gasteiger partial charge in [0.25, 0.3) is 5.89 Å². The van der Waals surface area contributed by atoms with Crippen molar-refractivity contribution >= 4 is 0 Å². The van der Waals surface area contributed by atoms with Crippen LogP contribution in [0.4, 0.5) is 0 Å². The van der Waals surface area contributed by atoms with Crippen LogP contribution >= 0.6 is 0 Å². The van der Waals surface area contributed by atoms with Gasteiger partial charge < -0.3 is 15.2 Å². The zero-order valence-electron chi connectivity index (χ0n) is 11.7. The van der Waals surface area contributed by atoms with Crippen molar-refractivity contribution in [1.82, 2.24) is 20.0 Å². The molecule has 2 heterocycles. The van der Waals surface area contributed by atoms with Gasteiger partial charge in [-0.2, -0.15) is 4.98 Å². The van der Waals surface area contributed by atoms with Gasteiger partial charge in [0.1, 0.15) is 0 Å². The van der Waals surface area contributed by atoms with Crippen molar-refractivity contribution in [3.63, 3.8) is 0 Å². The SMILES string of the molecule is Cc1ccc(-c2nc(C(N)CN(C)C)no2)c(C)n1. The fourth-order valence-electron chi connectivity index (χ4n) is 1.88. The van der Waals surface area contributed by atoms with Crippen LogP contribution in [0.1, 0.15) is 23.3 Å². The summed E-state index contributed by atoms with van der Waals surface area (Å²) in [6.07, 6.45) is 0. The number of aromatic nitrogens is 3. The molecule has 0 aromatic carbocycles. The molecule has 0 aliphatic carbocycles. The van der Waals surface area contributed by atoms with Crippen LogP contribution in [0.15, 0.2) is 16.7 Å². The zero-order chi connectivity index (χ0) is 14.0. The number of aryl methyl sites for hydroxylation is 2. The predicted molar refractivity (Wildman–Crippen MR) is 72.5 cm³/mol. The molecule has 2 N–H and O–H groups in total. The molecule has 0 aliphatic rings. The fraction of sp³-hybridized carbons (Fsp3) is 0.462. The molecular formula is C13H19N5O. The molecule has 2 aromatic rings. The highest BCUT2D eigenvalue weighted by molar-refractivity contribution is 5.55. The molecule has 2 aromatic heterocycles. The highest BCUT2D eigenvalue weighted by Gasteiger charge is 2.17. The van der Waals surface area contributed by atoms with E-state index >= 15 is 0 Å². The van der Waals surface area contributed by atoms with Gasteiger partial charge in [0.05, 0.1) is 17.3 Å². The maximum Gasteiger partial charge on any atom is 0.259 e. The van der Waals surface area contributed by atoms with Gasteiger partial charge in [0, 0.05) is 12.2 Å². The lowest BCUT2D eigenvalue weighted by molar-refractivity contribution is 0.357. The van der Waals surface area contributed by atoms with Gasteiger partial charge in [-0.3, -0.25) is 4.98 Å². The van der Waals surface area contributed by atoms with Crippen molar-refractivity contribution in [2.75, 3.05) is 20.6 Å². The lowest BCUT2D eigenvalue weighted by Crippen LogP contribution is -2.26. The van der Waals surface area contributed by atoms with Gasteiger partial charge in [-0.25, -0.2) is 0 Å². The van der Waals surface area contributed by atoms with E-state index in [1.54, 1.807) is 0 Å². The van der Waals surface area contributed by atoms with Crippen LogP contribution in [0.25, 0.3) is 11.5 Å². The second kappa shape index (κ2) is 5.46. The van der Waals surface area contributed by atoms with Gasteiger partial charge in [-0.15, -0.1) is 0 Å². The third kappa shape index (κ3) is 3.15. The summed E-state index contributed by atoms with van der Waals surface area (Å²) in [6.45, 7) is 4.54. The molecule has 0 radical (unpaired) electrons. The number of hydrogen-bond donors (Lipinski definition) is 1. The first-order chi connectivity index (χ1) is 8.97. The predicted octanol–water partition coefficient (Wildman–Crippen LogP) is 1.31. The second-order valence-electron chi connectivity index (χ2n) is 4.91. The van der Waals surface area contributed by atoms with Crippen molar-refractivity contribution in [3.05, 3.63) is 29.3 Å². The van der Waals surface area contributed by atoms with Crippen molar-refractivity contribution in [3.8, 4) is 11.5 Å². The molecule has 102 valence electrons. The fourth-order valence-corrected chi connectivity index (χ4v) is 1.88. The highest BCUT2D eigenvalue weighted by Crippen LogP contribution is 2.21. The molecule has 0 saturated carbocycles. The summed E-state index contributed by atoms with van der Waals surface area (Å²) in [4.78, 5) is 10.7. The first-order valence-electron chi connectivity index (χ1n) is 6.16. The lowest BCUT2D eigenvalue weighted by Gasteiger charge is -2.12. The lowest BCUT2D eigenvalue weighted by atomic mass is 10.2. The third-order valence-electron chi connectivity index (χ3n) is 2.79. The number of likely N-dealkylation sites (N-methyl/N-ethyl adjacent to an activating group) is 1. The summed E-state index contributed by atoms with van der Waals surface area (Å²) in [7, 11) is 3.91. The van der Waals surface area contributed by atoms with Crippen molar-refractivity contribution < 1.29 is 4.52 Å². The first-order valence-corrected chi connectivity index (χ1v) is 6.16. The Hall–Kier alpha value is -1.79. The van der Waals surface area contributed by atoms with Gasteiger partial charge in [-0.05, 0) is 40.1 Å². The summed E-state index contributed by atoms with van der Waals surface area (Å²) in [5.74, 6) is 0.984. The monoisotopic (exact) mass is 261 g/mol. The summed E-state index contributed by atoms with van der Waals surface area (Å²) in [6, 6.07) is 3.60. The van der Waals surface area contributed by atoms with E-state index in [9.17, 15) is 0 Å². The average molecular weight is 261 g/mol. The Morgan fingerprint density at radius 1 is 1.26 bits per heavy atom. The van der Waals surface area contributed by atoms with E-state index in [0.717, 1.165) is 17.0 Å². The minimum Gasteiger partial charge on any atom is -0.334 e. The number of pyridine rings is 1. The highest BCUT2D eigenvalue weighted by atomic mass is 16.5. The van der Waals surface area contributed by atoms with Crippen molar-refractivity contribution in [2.24, 2.45) is 5.73 Å². The van der Waals surface area contributed by atoms with Gasteiger partial charge in [-0.1, -0.05) is 5.16 Å². The van der Waals surface area contributed by atoms with E-state index in [0.29, 0.717) is 18.3 Å². The summed E-state index contributed by atoms with van der Waals surface area (Å²) < 4.78 is 5.27. The average Bonchev–Trinajstić information content (AvgIpc) is 2.77. The molecule has 6 heteroatoms. The maximum atomic E-state index is 6.01. The van der Waals surface area contributed by atoms with Crippen LogP contribution in [0.2, 0.25) is 0 Å². The molecule has 1 unspecified atom stereocenters. The van der Waals surface area contributed by atoms with E-state index < -0.39 is 0 Å². The quantitative estimate of drug-likeness (QED) is 0.893. The Labute approximate surface area is 112 Å². The zero-order valence-corrected chi connectivity index (χ0v) is 11.7. The largest absolute Gasteiger partial charge is 0.334 e. The van der Waals surface area contributed by atoms with E-state index in [4.69, 9.17) is 10.3 Å². The van der Waals surface area contributed by atoms with Crippen LogP contribution < -0.4 is 5.73 Å². The summed E-state index contributed by atoms with van der Waals surface area (Å²) in [5, 5.41) is 3.94. The molecule has 2 rings (SSSR count). The molecule has 1 atom stereocenters. The first kappa shape index (κ1) is 13.6.